The first-order chi connectivity index (χ1) is 5.70. The summed E-state index contributed by atoms with van der Waals surface area (Å²) in [4.78, 5) is 14.7. The van der Waals surface area contributed by atoms with Crippen molar-refractivity contribution in [2.45, 2.75) is 0 Å². The van der Waals surface area contributed by atoms with E-state index in [1.165, 1.54) is 0 Å². The molecule has 1 amide bonds. The second-order valence-electron chi connectivity index (χ2n) is 2.11. The summed E-state index contributed by atoms with van der Waals surface area (Å²) < 4.78 is 4.71. The number of nitrogens with two attached hydrogens (primary N) is 1. The number of carbonyl (C=O) groups excluding carboxylic acids is 1. The van der Waals surface area contributed by atoms with Gasteiger partial charge in [0.15, 0.2) is 17.6 Å². The third kappa shape index (κ3) is 0.669. The number of oxazole rings is 1. The zero-order valence-electron chi connectivity index (χ0n) is 5.76. The average molecular weight is 168 g/mol. The third-order valence-corrected chi connectivity index (χ3v) is 1.38. The van der Waals surface area contributed by atoms with Gasteiger partial charge in [-0.2, -0.15) is 0 Å². The molecule has 0 atom stereocenters. The van der Waals surface area contributed by atoms with Gasteiger partial charge in [0.25, 0.3) is 11.6 Å². The Morgan fingerprint density at radius 3 is 3.17 bits per heavy atom. The lowest BCUT2D eigenvalue weighted by molar-refractivity contribution is 0.0982. The van der Waals surface area contributed by atoms with Crippen LogP contribution in [0.15, 0.2) is 10.8 Å². The highest BCUT2D eigenvalue weighted by Gasteiger charge is 2.18. The molecule has 3 N–H and O–H groups in total. The molecule has 2 heterocycles. The van der Waals surface area contributed by atoms with Crippen molar-refractivity contribution in [2.75, 3.05) is 0 Å². The second kappa shape index (κ2) is 1.97. The van der Waals surface area contributed by atoms with E-state index >= 15 is 0 Å². The van der Waals surface area contributed by atoms with Crippen LogP contribution >= 0.6 is 0 Å². The normalized spacial score (nSPS) is 10.7. The van der Waals surface area contributed by atoms with Gasteiger partial charge < -0.3 is 15.4 Å². The van der Waals surface area contributed by atoms with Gasteiger partial charge in [-0.1, -0.05) is 4.85 Å². The van der Waals surface area contributed by atoms with Crippen LogP contribution in [0.1, 0.15) is 10.5 Å². The highest BCUT2D eigenvalue weighted by molar-refractivity contribution is 6.01. The van der Waals surface area contributed by atoms with Crippen molar-refractivity contribution < 1.29 is 14.4 Å². The van der Waals surface area contributed by atoms with Gasteiger partial charge in [-0.05, 0) is 0 Å². The van der Waals surface area contributed by atoms with Crippen LogP contribution in [0, 0.1) is 0 Å². The molecule has 0 aromatic carbocycles. The van der Waals surface area contributed by atoms with Crippen LogP contribution in [0.5, 0.6) is 0 Å². The van der Waals surface area contributed by atoms with Gasteiger partial charge in [0.1, 0.15) is 0 Å². The number of hydrogen-bond donors (Lipinski definition) is 2. The molecule has 0 spiro atoms. The molecular formula is C5H4N4O3. The van der Waals surface area contributed by atoms with Crippen LogP contribution in [0.4, 0.5) is 0 Å². The van der Waals surface area contributed by atoms with E-state index in [9.17, 15) is 4.79 Å². The smallest absolute Gasteiger partial charge is 0.283 e. The van der Waals surface area contributed by atoms with Crippen molar-refractivity contribution in [1.29, 1.82) is 0 Å². The predicted molar refractivity (Wildman–Crippen MR) is 35.5 cm³/mol. The second-order valence-corrected chi connectivity index (χ2v) is 2.11. The number of hydrogen-bond acceptors (Lipinski definition) is 5. The Labute approximate surface area is 65.3 Å². The first kappa shape index (κ1) is 6.65. The number of primary amides is 1. The minimum absolute atomic E-state index is 0.00352. The number of aromatic nitrogens is 3. The zero-order valence-corrected chi connectivity index (χ0v) is 5.76. The quantitative estimate of drug-likeness (QED) is 0.550. The average Bonchev–Trinajstić information content (AvgIpc) is 2.53. The lowest BCUT2D eigenvalue weighted by atomic mass is 10.4. The maximum absolute atomic E-state index is 10.7. The van der Waals surface area contributed by atoms with Crippen LogP contribution in [-0.4, -0.2) is 26.0 Å². The predicted octanol–water partition coefficient (Wildman–Crippen LogP) is -0.640. The molecule has 2 rings (SSSR count). The molecule has 7 nitrogen and oxygen atoms in total. The summed E-state index contributed by atoms with van der Waals surface area (Å²) in [6.07, 6.45) is 1.09. The SMILES string of the molecule is NC(=O)c1nn(O)c2ocnc12. The molecular weight excluding hydrogens is 164 g/mol. The largest absolute Gasteiger partial charge is 0.423 e. The zero-order chi connectivity index (χ0) is 8.72. The van der Waals surface area contributed by atoms with E-state index < -0.39 is 5.91 Å². The molecule has 0 aliphatic carbocycles. The van der Waals surface area contributed by atoms with E-state index in [0.717, 1.165) is 6.39 Å². The Morgan fingerprint density at radius 1 is 1.75 bits per heavy atom. The van der Waals surface area contributed by atoms with Crippen molar-refractivity contribution in [1.82, 2.24) is 14.9 Å². The molecule has 0 saturated heterocycles. The van der Waals surface area contributed by atoms with Crippen molar-refractivity contribution in [3.8, 4) is 0 Å². The number of rotatable bonds is 1. The van der Waals surface area contributed by atoms with E-state index in [1.807, 2.05) is 0 Å². The van der Waals surface area contributed by atoms with E-state index in [-0.39, 0.29) is 16.9 Å². The summed E-state index contributed by atoms with van der Waals surface area (Å²) in [5, 5.41) is 12.4. The van der Waals surface area contributed by atoms with Gasteiger partial charge >= 0.3 is 0 Å². The third-order valence-electron chi connectivity index (χ3n) is 1.38. The fraction of sp³-hybridized carbons (Fsp3) is 0. The van der Waals surface area contributed by atoms with Gasteiger partial charge in [0.2, 0.25) is 0 Å². The van der Waals surface area contributed by atoms with E-state index in [2.05, 4.69) is 10.1 Å². The molecule has 0 fully saturated rings. The first-order valence-corrected chi connectivity index (χ1v) is 3.01. The van der Waals surface area contributed by atoms with Gasteiger partial charge in [-0.3, -0.25) is 4.79 Å². The van der Waals surface area contributed by atoms with Crippen LogP contribution in [-0.2, 0) is 0 Å². The maximum Gasteiger partial charge on any atom is 0.283 e. The minimum Gasteiger partial charge on any atom is -0.423 e. The van der Waals surface area contributed by atoms with Gasteiger partial charge in [-0.25, -0.2) is 4.98 Å². The standard InChI is InChI=1S/C5H4N4O3/c6-4(10)2-3-5(9(11)8-2)12-1-7-3/h1,11H,(H2,6,10). The Hall–Kier alpha value is -2.05. The van der Waals surface area contributed by atoms with Crippen molar-refractivity contribution in [3.05, 3.63) is 12.1 Å². The number of carbonyl (C=O) groups is 1. The Bertz CT molecular complexity index is 442. The van der Waals surface area contributed by atoms with Gasteiger partial charge in [-0.15, -0.1) is 5.10 Å². The molecule has 12 heavy (non-hydrogen) atoms. The van der Waals surface area contributed by atoms with E-state index in [1.54, 1.807) is 0 Å². The highest BCUT2D eigenvalue weighted by atomic mass is 16.5. The number of fused-ring (bicyclic) bond motifs is 1. The maximum atomic E-state index is 10.7. The van der Waals surface area contributed by atoms with Crippen LogP contribution in [0.3, 0.4) is 0 Å². The Morgan fingerprint density at radius 2 is 2.50 bits per heavy atom. The van der Waals surface area contributed by atoms with Crippen molar-refractivity contribution >= 4 is 17.1 Å². The van der Waals surface area contributed by atoms with Gasteiger partial charge in [0, 0.05) is 0 Å². The van der Waals surface area contributed by atoms with E-state index in [0.29, 0.717) is 4.85 Å². The lowest BCUT2D eigenvalue weighted by Crippen LogP contribution is -2.12. The molecule has 0 saturated carbocycles. The Balaban J connectivity index is 2.83. The summed E-state index contributed by atoms with van der Waals surface area (Å²) in [6, 6.07) is 0. The Kier molecular flexibility index (Phi) is 1.09. The number of nitrogens with zero attached hydrogens (tertiary/aromatic N) is 3. The summed E-state index contributed by atoms with van der Waals surface area (Å²) >= 11 is 0. The molecule has 62 valence electrons. The topological polar surface area (TPSA) is 107 Å². The molecule has 0 radical (unpaired) electrons. The molecule has 2 aromatic heterocycles. The molecule has 0 unspecified atom stereocenters. The highest BCUT2D eigenvalue weighted by Crippen LogP contribution is 2.14. The lowest BCUT2D eigenvalue weighted by Gasteiger charge is -1.84. The fourth-order valence-corrected chi connectivity index (χ4v) is 0.898. The van der Waals surface area contributed by atoms with Crippen molar-refractivity contribution in [2.24, 2.45) is 5.73 Å². The van der Waals surface area contributed by atoms with Crippen LogP contribution in [0.25, 0.3) is 11.2 Å². The van der Waals surface area contributed by atoms with E-state index in [4.69, 9.17) is 15.4 Å². The van der Waals surface area contributed by atoms with Crippen molar-refractivity contribution in [3.63, 3.8) is 0 Å². The van der Waals surface area contributed by atoms with Crippen LogP contribution < -0.4 is 5.73 Å². The van der Waals surface area contributed by atoms with Gasteiger partial charge in [0.05, 0.1) is 0 Å². The monoisotopic (exact) mass is 168 g/mol. The van der Waals surface area contributed by atoms with Crippen LogP contribution in [0.2, 0.25) is 0 Å². The molecule has 7 heteroatoms. The summed E-state index contributed by atoms with van der Waals surface area (Å²) in [7, 11) is 0. The molecule has 0 bridgehead atoms. The molecule has 0 aliphatic heterocycles. The minimum atomic E-state index is -0.762. The molecule has 2 aromatic rings. The number of amides is 1. The summed E-state index contributed by atoms with van der Waals surface area (Å²) in [6.45, 7) is 0. The first-order valence-electron chi connectivity index (χ1n) is 3.01. The summed E-state index contributed by atoms with van der Waals surface area (Å²) in [5.41, 5.74) is 5.00. The fourth-order valence-electron chi connectivity index (χ4n) is 0.898. The summed E-state index contributed by atoms with van der Waals surface area (Å²) in [5.74, 6) is -0.762. The molecule has 0 aliphatic rings.